The third-order valence-electron chi connectivity index (χ3n) is 3.44. The number of carbonyl (C=O) groups is 1. The third-order valence-corrected chi connectivity index (χ3v) is 4.00. The Morgan fingerprint density at radius 2 is 2.30 bits per heavy atom. The number of ether oxygens (including phenoxy) is 1. The van der Waals surface area contributed by atoms with Gasteiger partial charge in [0.2, 0.25) is 0 Å². The van der Waals surface area contributed by atoms with Crippen LogP contribution in [0.1, 0.15) is 31.7 Å². The Morgan fingerprint density at radius 3 is 3.00 bits per heavy atom. The van der Waals surface area contributed by atoms with Crippen molar-refractivity contribution in [1.82, 2.24) is 9.88 Å². The summed E-state index contributed by atoms with van der Waals surface area (Å²) in [7, 11) is 0. The molecule has 0 radical (unpaired) electrons. The van der Waals surface area contributed by atoms with Crippen molar-refractivity contribution in [2.24, 2.45) is 0 Å². The lowest BCUT2D eigenvalue weighted by molar-refractivity contribution is -0.151. The minimum Gasteiger partial charge on any atom is -0.465 e. The molecular formula is C14H18Cl2N2O2. The van der Waals surface area contributed by atoms with Crippen molar-refractivity contribution in [2.45, 2.75) is 38.8 Å². The van der Waals surface area contributed by atoms with Gasteiger partial charge in [-0.3, -0.25) is 9.69 Å². The Labute approximate surface area is 129 Å². The molecule has 0 aromatic carbocycles. The highest BCUT2D eigenvalue weighted by Crippen LogP contribution is 2.25. The van der Waals surface area contributed by atoms with Gasteiger partial charge >= 0.3 is 5.97 Å². The number of piperidine rings is 1. The van der Waals surface area contributed by atoms with Crippen LogP contribution in [0.25, 0.3) is 0 Å². The van der Waals surface area contributed by atoms with Gasteiger partial charge in [-0.1, -0.05) is 29.6 Å². The molecule has 110 valence electrons. The van der Waals surface area contributed by atoms with E-state index < -0.39 is 0 Å². The molecule has 1 aliphatic heterocycles. The van der Waals surface area contributed by atoms with Crippen LogP contribution in [0, 0.1) is 0 Å². The van der Waals surface area contributed by atoms with Crippen molar-refractivity contribution in [3.63, 3.8) is 0 Å². The van der Waals surface area contributed by atoms with Crippen molar-refractivity contribution in [3.05, 3.63) is 28.0 Å². The van der Waals surface area contributed by atoms with E-state index in [1.165, 1.54) is 0 Å². The van der Waals surface area contributed by atoms with E-state index in [4.69, 9.17) is 27.9 Å². The number of carbonyl (C=O) groups excluding carboxylic acids is 1. The maximum atomic E-state index is 12.0. The SMILES string of the molecule is CCOC(=O)C1CCCCN1Cc1cnc(Cl)cc1Cl. The molecule has 1 aromatic rings. The fourth-order valence-corrected chi connectivity index (χ4v) is 2.88. The Hall–Kier alpha value is -0.840. The molecule has 1 atom stereocenters. The molecule has 0 saturated carbocycles. The molecule has 4 nitrogen and oxygen atoms in total. The molecule has 0 spiro atoms. The van der Waals surface area contributed by atoms with E-state index in [0.29, 0.717) is 23.3 Å². The van der Waals surface area contributed by atoms with E-state index in [9.17, 15) is 4.79 Å². The van der Waals surface area contributed by atoms with Gasteiger partial charge in [-0.2, -0.15) is 0 Å². The van der Waals surface area contributed by atoms with Gasteiger partial charge in [0.05, 0.1) is 6.61 Å². The zero-order chi connectivity index (χ0) is 14.5. The van der Waals surface area contributed by atoms with Gasteiger partial charge in [0, 0.05) is 23.3 Å². The molecular weight excluding hydrogens is 299 g/mol. The predicted octanol–water partition coefficient (Wildman–Crippen LogP) is 3.31. The largest absolute Gasteiger partial charge is 0.465 e. The number of nitrogens with zero attached hydrogens (tertiary/aromatic N) is 2. The van der Waals surface area contributed by atoms with Crippen molar-refractivity contribution in [1.29, 1.82) is 0 Å². The predicted molar refractivity (Wildman–Crippen MR) is 78.9 cm³/mol. The van der Waals surface area contributed by atoms with Crippen LogP contribution in [0.5, 0.6) is 0 Å². The normalized spacial score (nSPS) is 19.9. The lowest BCUT2D eigenvalue weighted by atomic mass is 10.0. The monoisotopic (exact) mass is 316 g/mol. The number of hydrogen-bond donors (Lipinski definition) is 0. The van der Waals surface area contributed by atoms with Crippen LogP contribution >= 0.6 is 23.2 Å². The average Bonchev–Trinajstić information content (AvgIpc) is 2.43. The van der Waals surface area contributed by atoms with Gasteiger partial charge in [0.15, 0.2) is 0 Å². The average molecular weight is 317 g/mol. The summed E-state index contributed by atoms with van der Waals surface area (Å²) in [6, 6.07) is 1.44. The molecule has 20 heavy (non-hydrogen) atoms. The Kier molecular flexibility index (Phi) is 5.64. The second-order valence-electron chi connectivity index (χ2n) is 4.83. The topological polar surface area (TPSA) is 42.4 Å². The Morgan fingerprint density at radius 1 is 1.50 bits per heavy atom. The molecule has 1 saturated heterocycles. The maximum Gasteiger partial charge on any atom is 0.323 e. The first-order valence-corrected chi connectivity index (χ1v) is 7.58. The zero-order valence-electron chi connectivity index (χ0n) is 11.4. The molecule has 1 fully saturated rings. The summed E-state index contributed by atoms with van der Waals surface area (Å²) in [5, 5.41) is 0.956. The van der Waals surface area contributed by atoms with Gasteiger partial charge < -0.3 is 4.74 Å². The van der Waals surface area contributed by atoms with E-state index in [2.05, 4.69) is 9.88 Å². The van der Waals surface area contributed by atoms with Crippen molar-refractivity contribution in [3.8, 4) is 0 Å². The van der Waals surface area contributed by atoms with Crippen LogP contribution in [-0.2, 0) is 16.1 Å². The molecule has 1 unspecified atom stereocenters. The van der Waals surface area contributed by atoms with E-state index in [1.807, 2.05) is 6.92 Å². The third kappa shape index (κ3) is 3.84. The van der Waals surface area contributed by atoms with Gasteiger partial charge in [0.1, 0.15) is 11.2 Å². The molecule has 2 rings (SSSR count). The standard InChI is InChI=1S/C14H18Cl2N2O2/c1-2-20-14(19)12-5-3-4-6-18(12)9-10-8-17-13(16)7-11(10)15/h7-8,12H,2-6,9H2,1H3. The molecule has 0 amide bonds. The van der Waals surface area contributed by atoms with Crippen LogP contribution < -0.4 is 0 Å². The van der Waals surface area contributed by atoms with Crippen LogP contribution in [0.4, 0.5) is 0 Å². The molecule has 6 heteroatoms. The fraction of sp³-hybridized carbons (Fsp3) is 0.571. The van der Waals surface area contributed by atoms with E-state index in [0.717, 1.165) is 31.4 Å². The van der Waals surface area contributed by atoms with Crippen molar-refractivity contribution in [2.75, 3.05) is 13.2 Å². The van der Waals surface area contributed by atoms with E-state index >= 15 is 0 Å². The molecule has 0 N–H and O–H groups in total. The number of hydrogen-bond acceptors (Lipinski definition) is 4. The molecule has 1 aliphatic rings. The van der Waals surface area contributed by atoms with Crippen LogP contribution in [0.3, 0.4) is 0 Å². The summed E-state index contributed by atoms with van der Waals surface area (Å²) < 4.78 is 5.15. The summed E-state index contributed by atoms with van der Waals surface area (Å²) in [4.78, 5) is 18.2. The minimum atomic E-state index is -0.185. The Bertz CT molecular complexity index is 482. The number of pyridine rings is 1. The first-order chi connectivity index (χ1) is 9.61. The van der Waals surface area contributed by atoms with Crippen molar-refractivity contribution < 1.29 is 9.53 Å². The second-order valence-corrected chi connectivity index (χ2v) is 5.63. The number of aromatic nitrogens is 1. The first kappa shape index (κ1) is 15.5. The molecule has 0 bridgehead atoms. The number of likely N-dealkylation sites (tertiary alicyclic amines) is 1. The van der Waals surface area contributed by atoms with E-state index in [-0.39, 0.29) is 12.0 Å². The summed E-state index contributed by atoms with van der Waals surface area (Å²) >= 11 is 12.0. The first-order valence-electron chi connectivity index (χ1n) is 6.82. The molecule has 0 aliphatic carbocycles. The number of esters is 1. The zero-order valence-corrected chi connectivity index (χ0v) is 13.0. The highest BCUT2D eigenvalue weighted by molar-refractivity contribution is 6.34. The summed E-state index contributed by atoms with van der Waals surface area (Å²) in [5.74, 6) is -0.148. The second kappa shape index (κ2) is 7.25. The minimum absolute atomic E-state index is 0.148. The quantitative estimate of drug-likeness (QED) is 0.631. The smallest absolute Gasteiger partial charge is 0.323 e. The van der Waals surface area contributed by atoms with Gasteiger partial charge in [-0.25, -0.2) is 4.98 Å². The highest BCUT2D eigenvalue weighted by atomic mass is 35.5. The van der Waals surface area contributed by atoms with Gasteiger partial charge in [0.25, 0.3) is 0 Å². The number of rotatable bonds is 4. The van der Waals surface area contributed by atoms with Gasteiger partial charge in [-0.05, 0) is 32.4 Å². The van der Waals surface area contributed by atoms with Crippen LogP contribution in [0.15, 0.2) is 12.3 Å². The fourth-order valence-electron chi connectivity index (χ4n) is 2.46. The molecule has 2 heterocycles. The van der Waals surface area contributed by atoms with Crippen molar-refractivity contribution >= 4 is 29.2 Å². The summed E-state index contributed by atoms with van der Waals surface area (Å²) in [5.41, 5.74) is 0.882. The van der Waals surface area contributed by atoms with Crippen LogP contribution in [0.2, 0.25) is 10.2 Å². The lowest BCUT2D eigenvalue weighted by Crippen LogP contribution is -2.45. The van der Waals surface area contributed by atoms with Crippen LogP contribution in [-0.4, -0.2) is 35.0 Å². The van der Waals surface area contributed by atoms with Gasteiger partial charge in [-0.15, -0.1) is 0 Å². The lowest BCUT2D eigenvalue weighted by Gasteiger charge is -2.34. The maximum absolute atomic E-state index is 12.0. The van der Waals surface area contributed by atoms with E-state index in [1.54, 1.807) is 12.3 Å². The molecule has 1 aromatic heterocycles. The Balaban J connectivity index is 2.10. The number of halogens is 2. The summed E-state index contributed by atoms with van der Waals surface area (Å²) in [6.45, 7) is 3.69. The highest BCUT2D eigenvalue weighted by Gasteiger charge is 2.30. The summed E-state index contributed by atoms with van der Waals surface area (Å²) in [6.07, 6.45) is 4.63.